The van der Waals surface area contributed by atoms with E-state index in [-0.39, 0.29) is 11.4 Å². The lowest BCUT2D eigenvalue weighted by molar-refractivity contribution is 0.0857. The van der Waals surface area contributed by atoms with Gasteiger partial charge in [-0.1, -0.05) is 0 Å². The predicted molar refractivity (Wildman–Crippen MR) is 62.6 cm³/mol. The molecule has 1 aromatic rings. The zero-order chi connectivity index (χ0) is 13.3. The quantitative estimate of drug-likeness (QED) is 0.855. The van der Waals surface area contributed by atoms with Crippen LogP contribution in [0.4, 0.5) is 4.39 Å². The van der Waals surface area contributed by atoms with Gasteiger partial charge in [-0.05, 0) is 44.5 Å². The van der Waals surface area contributed by atoms with Gasteiger partial charge < -0.3 is 5.11 Å². The first-order chi connectivity index (χ1) is 7.62. The van der Waals surface area contributed by atoms with E-state index in [0.29, 0.717) is 5.56 Å². The summed E-state index contributed by atoms with van der Waals surface area (Å²) in [5.41, 5.74) is -0.811. The molecule has 0 atom stereocenters. The second kappa shape index (κ2) is 4.72. The Bertz CT molecular complexity index is 506. The first-order valence-corrected chi connectivity index (χ1v) is 6.58. The van der Waals surface area contributed by atoms with Crippen LogP contribution >= 0.6 is 0 Å². The maximum absolute atomic E-state index is 12.9. The molecule has 0 aliphatic carbocycles. The molecule has 4 nitrogen and oxygen atoms in total. The fourth-order valence-electron chi connectivity index (χ4n) is 1.26. The zero-order valence-electron chi connectivity index (χ0n) is 9.99. The highest BCUT2D eigenvalue weighted by Gasteiger charge is 2.21. The summed E-state index contributed by atoms with van der Waals surface area (Å²) in [6.07, 6.45) is 0. The van der Waals surface area contributed by atoms with Crippen molar-refractivity contribution in [2.75, 3.05) is 6.54 Å². The summed E-state index contributed by atoms with van der Waals surface area (Å²) in [4.78, 5) is 0.0168. The van der Waals surface area contributed by atoms with Crippen molar-refractivity contribution in [1.82, 2.24) is 4.72 Å². The largest absolute Gasteiger partial charge is 0.389 e. The van der Waals surface area contributed by atoms with Crippen LogP contribution in [0.15, 0.2) is 23.1 Å². The predicted octanol–water partition coefficient (Wildman–Crippen LogP) is 1.18. The average molecular weight is 261 g/mol. The first kappa shape index (κ1) is 14.1. The number of hydrogen-bond donors (Lipinski definition) is 2. The molecule has 96 valence electrons. The molecule has 0 aliphatic rings. The molecular weight excluding hydrogens is 245 g/mol. The number of sulfonamides is 1. The van der Waals surface area contributed by atoms with Crippen LogP contribution < -0.4 is 4.72 Å². The van der Waals surface area contributed by atoms with E-state index >= 15 is 0 Å². The van der Waals surface area contributed by atoms with Gasteiger partial charge in [-0.3, -0.25) is 0 Å². The smallest absolute Gasteiger partial charge is 0.240 e. The first-order valence-electron chi connectivity index (χ1n) is 5.10. The van der Waals surface area contributed by atoms with Crippen LogP contribution in [0, 0.1) is 12.7 Å². The Morgan fingerprint density at radius 2 is 2.00 bits per heavy atom. The van der Waals surface area contributed by atoms with Gasteiger partial charge in [0, 0.05) is 6.54 Å². The van der Waals surface area contributed by atoms with Gasteiger partial charge in [0.1, 0.15) is 5.82 Å². The molecule has 0 heterocycles. The van der Waals surface area contributed by atoms with Gasteiger partial charge in [0.15, 0.2) is 0 Å². The summed E-state index contributed by atoms with van der Waals surface area (Å²) in [7, 11) is -3.72. The van der Waals surface area contributed by atoms with Crippen molar-refractivity contribution in [3.63, 3.8) is 0 Å². The Kier molecular flexibility index (Phi) is 3.91. The van der Waals surface area contributed by atoms with Crippen molar-refractivity contribution in [2.24, 2.45) is 0 Å². The van der Waals surface area contributed by atoms with Gasteiger partial charge in [-0.15, -0.1) is 0 Å². The highest BCUT2D eigenvalue weighted by molar-refractivity contribution is 7.89. The second-order valence-corrected chi connectivity index (χ2v) is 6.28. The molecule has 0 aromatic heterocycles. The minimum absolute atomic E-state index is 0.0168. The van der Waals surface area contributed by atoms with E-state index in [9.17, 15) is 17.9 Å². The number of halogens is 1. The van der Waals surface area contributed by atoms with E-state index < -0.39 is 21.4 Å². The lowest BCUT2D eigenvalue weighted by Crippen LogP contribution is -2.38. The molecule has 0 aliphatic heterocycles. The topological polar surface area (TPSA) is 66.4 Å². The fraction of sp³-hybridized carbons (Fsp3) is 0.455. The zero-order valence-corrected chi connectivity index (χ0v) is 10.8. The molecule has 0 unspecified atom stereocenters. The third-order valence-electron chi connectivity index (χ3n) is 2.12. The van der Waals surface area contributed by atoms with E-state index in [1.54, 1.807) is 0 Å². The van der Waals surface area contributed by atoms with Gasteiger partial charge in [0.25, 0.3) is 0 Å². The van der Waals surface area contributed by atoms with Crippen LogP contribution in [0.25, 0.3) is 0 Å². The molecule has 0 spiro atoms. The van der Waals surface area contributed by atoms with E-state index in [2.05, 4.69) is 4.72 Å². The van der Waals surface area contributed by atoms with E-state index in [1.807, 2.05) is 0 Å². The summed E-state index contributed by atoms with van der Waals surface area (Å²) in [6, 6.07) is 3.45. The average Bonchev–Trinajstić information content (AvgIpc) is 2.13. The Labute approximate surface area is 101 Å². The molecular formula is C11H16FNO3S. The molecule has 0 fully saturated rings. The van der Waals surface area contributed by atoms with E-state index in [1.165, 1.54) is 26.8 Å². The minimum atomic E-state index is -3.72. The van der Waals surface area contributed by atoms with Gasteiger partial charge in [0.2, 0.25) is 10.0 Å². The summed E-state index contributed by atoms with van der Waals surface area (Å²) in [5.74, 6) is -0.482. The maximum atomic E-state index is 12.9. The Morgan fingerprint density at radius 3 is 2.47 bits per heavy atom. The van der Waals surface area contributed by atoms with Crippen LogP contribution in [0.5, 0.6) is 0 Å². The molecule has 0 saturated heterocycles. The molecule has 0 amide bonds. The Hall–Kier alpha value is -0.980. The lowest BCUT2D eigenvalue weighted by atomic mass is 10.1. The fourth-order valence-corrected chi connectivity index (χ4v) is 2.69. The lowest BCUT2D eigenvalue weighted by Gasteiger charge is -2.18. The minimum Gasteiger partial charge on any atom is -0.389 e. The van der Waals surface area contributed by atoms with Gasteiger partial charge in [0.05, 0.1) is 10.5 Å². The summed E-state index contributed by atoms with van der Waals surface area (Å²) < 4.78 is 38.9. The monoisotopic (exact) mass is 261 g/mol. The van der Waals surface area contributed by atoms with Crippen molar-refractivity contribution in [1.29, 1.82) is 0 Å². The third kappa shape index (κ3) is 4.07. The highest BCUT2D eigenvalue weighted by Crippen LogP contribution is 2.16. The molecule has 1 aromatic carbocycles. The number of nitrogens with one attached hydrogen (secondary N) is 1. The second-order valence-electron chi connectivity index (χ2n) is 4.55. The Balaban J connectivity index is 2.98. The number of aliphatic hydroxyl groups is 1. The van der Waals surface area contributed by atoms with Crippen LogP contribution in [0.2, 0.25) is 0 Å². The van der Waals surface area contributed by atoms with E-state index in [0.717, 1.165) is 12.1 Å². The van der Waals surface area contributed by atoms with Gasteiger partial charge >= 0.3 is 0 Å². The molecule has 17 heavy (non-hydrogen) atoms. The highest BCUT2D eigenvalue weighted by atomic mass is 32.2. The third-order valence-corrected chi connectivity index (χ3v) is 3.68. The number of benzene rings is 1. The van der Waals surface area contributed by atoms with Crippen molar-refractivity contribution in [3.8, 4) is 0 Å². The van der Waals surface area contributed by atoms with Crippen molar-refractivity contribution >= 4 is 10.0 Å². The number of aryl methyl sites for hydroxylation is 1. The number of rotatable bonds is 4. The molecule has 0 bridgehead atoms. The normalized spacial score (nSPS) is 12.8. The standard InChI is InChI=1S/C11H16FNO3S/c1-8-6-9(12)4-5-10(8)17(15,16)13-7-11(2,3)14/h4-6,13-14H,7H2,1-3H3. The SMILES string of the molecule is Cc1cc(F)ccc1S(=O)(=O)NCC(C)(C)O. The van der Waals surface area contributed by atoms with Gasteiger partial charge in [-0.25, -0.2) is 17.5 Å². The van der Waals surface area contributed by atoms with Crippen LogP contribution in [0.3, 0.4) is 0 Å². The molecule has 0 radical (unpaired) electrons. The van der Waals surface area contributed by atoms with Crippen LogP contribution in [-0.4, -0.2) is 25.7 Å². The van der Waals surface area contributed by atoms with Crippen molar-refractivity contribution in [3.05, 3.63) is 29.6 Å². The molecule has 1 rings (SSSR count). The Morgan fingerprint density at radius 1 is 1.41 bits per heavy atom. The summed E-state index contributed by atoms with van der Waals surface area (Å²) >= 11 is 0. The van der Waals surface area contributed by atoms with E-state index in [4.69, 9.17) is 0 Å². The van der Waals surface area contributed by atoms with Crippen molar-refractivity contribution < 1.29 is 17.9 Å². The van der Waals surface area contributed by atoms with Gasteiger partial charge in [-0.2, -0.15) is 0 Å². The molecule has 6 heteroatoms. The molecule has 0 saturated carbocycles. The summed E-state index contributed by atoms with van der Waals surface area (Å²) in [5, 5.41) is 9.45. The van der Waals surface area contributed by atoms with Crippen LogP contribution in [0.1, 0.15) is 19.4 Å². The number of hydrogen-bond acceptors (Lipinski definition) is 3. The maximum Gasteiger partial charge on any atom is 0.240 e. The summed E-state index contributed by atoms with van der Waals surface area (Å²) in [6.45, 7) is 4.40. The molecule has 2 N–H and O–H groups in total. The van der Waals surface area contributed by atoms with Crippen LogP contribution in [-0.2, 0) is 10.0 Å². The van der Waals surface area contributed by atoms with Crippen molar-refractivity contribution in [2.45, 2.75) is 31.3 Å².